The third-order valence-electron chi connectivity index (χ3n) is 8.61. The molecule has 0 saturated carbocycles. The molecule has 0 aliphatic carbocycles. The Bertz CT molecular complexity index is 767. The van der Waals surface area contributed by atoms with E-state index in [0.717, 1.165) is 96.3 Å². The van der Waals surface area contributed by atoms with Crippen LogP contribution in [-0.2, 0) is 19.2 Å². The summed E-state index contributed by atoms with van der Waals surface area (Å²) in [5.74, 6) is -0.701. The van der Waals surface area contributed by atoms with E-state index in [2.05, 4.69) is 22.9 Å². The van der Waals surface area contributed by atoms with E-state index in [1.165, 1.54) is 44.9 Å². The highest BCUT2D eigenvalue weighted by Crippen LogP contribution is 2.12. The van der Waals surface area contributed by atoms with Gasteiger partial charge in [-0.2, -0.15) is 0 Å². The van der Waals surface area contributed by atoms with Gasteiger partial charge in [0.15, 0.2) is 0 Å². The molecule has 0 aromatic heterocycles. The highest BCUT2D eigenvalue weighted by molar-refractivity contribution is 5.87. The van der Waals surface area contributed by atoms with Gasteiger partial charge in [0, 0.05) is 19.4 Å². The molecule has 10 nitrogen and oxygen atoms in total. The molecular formula is C36H72N6O4. The van der Waals surface area contributed by atoms with Crippen molar-refractivity contribution < 1.29 is 19.2 Å². The molecule has 4 amide bonds. The maximum absolute atomic E-state index is 12.8. The summed E-state index contributed by atoms with van der Waals surface area (Å²) in [4.78, 5) is 49.0. The number of nitrogens with one attached hydrogen (secondary N) is 3. The van der Waals surface area contributed by atoms with Crippen LogP contribution in [0.5, 0.6) is 0 Å². The lowest BCUT2D eigenvalue weighted by atomic mass is 10.1. The van der Waals surface area contributed by atoms with Crippen molar-refractivity contribution in [3.05, 3.63) is 0 Å². The largest absolute Gasteiger partial charge is 0.368 e. The van der Waals surface area contributed by atoms with Crippen molar-refractivity contribution in [2.45, 2.75) is 186 Å². The minimum absolute atomic E-state index is 0.0233. The molecule has 270 valence electrons. The Morgan fingerprint density at radius 3 is 1.33 bits per heavy atom. The Morgan fingerprint density at radius 2 is 0.891 bits per heavy atom. The van der Waals surface area contributed by atoms with E-state index in [1.54, 1.807) is 0 Å². The first kappa shape index (κ1) is 43.8. The summed E-state index contributed by atoms with van der Waals surface area (Å²) in [7, 11) is 0. The van der Waals surface area contributed by atoms with Crippen LogP contribution in [0.4, 0.5) is 0 Å². The number of unbranched alkanes of at least 4 members (excludes halogenated alkanes) is 18. The third kappa shape index (κ3) is 28.1. The highest BCUT2D eigenvalue weighted by atomic mass is 16.2. The minimum atomic E-state index is -0.602. The fourth-order valence-electron chi connectivity index (χ4n) is 5.65. The molecule has 10 heteroatoms. The van der Waals surface area contributed by atoms with Crippen LogP contribution in [0.25, 0.3) is 0 Å². The van der Waals surface area contributed by atoms with E-state index in [1.807, 2.05) is 0 Å². The zero-order valence-electron chi connectivity index (χ0n) is 29.5. The Hall–Kier alpha value is -2.20. The highest BCUT2D eigenvalue weighted by Gasteiger charge is 2.20. The second-order valence-corrected chi connectivity index (χ2v) is 13.0. The lowest BCUT2D eigenvalue weighted by Gasteiger charge is -2.18. The summed E-state index contributed by atoms with van der Waals surface area (Å²) >= 11 is 0. The second kappa shape index (κ2) is 32.7. The number of rotatable bonds is 34. The Morgan fingerprint density at radius 1 is 0.500 bits per heavy atom. The van der Waals surface area contributed by atoms with Crippen LogP contribution in [0.2, 0.25) is 0 Å². The van der Waals surface area contributed by atoms with E-state index in [9.17, 15) is 19.2 Å². The van der Waals surface area contributed by atoms with Gasteiger partial charge in [0.2, 0.25) is 23.6 Å². The van der Waals surface area contributed by atoms with Crippen molar-refractivity contribution in [2.75, 3.05) is 19.6 Å². The normalized spacial score (nSPS) is 12.4. The SMILES string of the molecule is CCCCCCCCCCCC(=O)NC(CCCCN)C(=O)NCCCCCCCCCCCC(=O)NC(CCCCN)C(N)=O. The van der Waals surface area contributed by atoms with Gasteiger partial charge >= 0.3 is 0 Å². The zero-order chi connectivity index (χ0) is 34.1. The molecular weight excluding hydrogens is 580 g/mol. The first-order chi connectivity index (χ1) is 22.3. The maximum Gasteiger partial charge on any atom is 0.242 e. The first-order valence-electron chi connectivity index (χ1n) is 18.9. The number of hydrogen-bond acceptors (Lipinski definition) is 6. The van der Waals surface area contributed by atoms with Crippen molar-refractivity contribution in [1.29, 1.82) is 0 Å². The van der Waals surface area contributed by atoms with Crippen LogP contribution in [0.1, 0.15) is 174 Å². The minimum Gasteiger partial charge on any atom is -0.368 e. The van der Waals surface area contributed by atoms with Gasteiger partial charge in [0.1, 0.15) is 12.1 Å². The van der Waals surface area contributed by atoms with Gasteiger partial charge < -0.3 is 33.2 Å². The molecule has 0 aliphatic heterocycles. The molecule has 2 unspecified atom stereocenters. The summed E-state index contributed by atoms with van der Waals surface area (Å²) in [5, 5.41) is 8.78. The Balaban J connectivity index is 3.95. The maximum atomic E-state index is 12.8. The van der Waals surface area contributed by atoms with Crippen molar-refractivity contribution >= 4 is 23.6 Å². The van der Waals surface area contributed by atoms with Gasteiger partial charge in [-0.3, -0.25) is 19.2 Å². The van der Waals surface area contributed by atoms with Crippen LogP contribution in [0.3, 0.4) is 0 Å². The fraction of sp³-hybridized carbons (Fsp3) is 0.889. The lowest BCUT2D eigenvalue weighted by Crippen LogP contribution is -2.47. The molecule has 0 bridgehead atoms. The predicted molar refractivity (Wildman–Crippen MR) is 190 cm³/mol. The van der Waals surface area contributed by atoms with Gasteiger partial charge in [-0.15, -0.1) is 0 Å². The van der Waals surface area contributed by atoms with Crippen LogP contribution in [0, 0.1) is 0 Å². The number of hydrogen-bond donors (Lipinski definition) is 6. The molecule has 46 heavy (non-hydrogen) atoms. The van der Waals surface area contributed by atoms with Gasteiger partial charge in [0.05, 0.1) is 0 Å². The van der Waals surface area contributed by atoms with E-state index < -0.39 is 18.0 Å². The molecule has 0 radical (unpaired) electrons. The van der Waals surface area contributed by atoms with E-state index >= 15 is 0 Å². The summed E-state index contributed by atoms with van der Waals surface area (Å²) in [6.45, 7) is 4.02. The molecule has 0 fully saturated rings. The summed E-state index contributed by atoms with van der Waals surface area (Å²) in [5.41, 5.74) is 16.5. The monoisotopic (exact) mass is 653 g/mol. The van der Waals surface area contributed by atoms with Crippen molar-refractivity contribution in [2.24, 2.45) is 17.2 Å². The molecule has 9 N–H and O–H groups in total. The molecule has 0 aromatic carbocycles. The molecule has 0 aromatic rings. The van der Waals surface area contributed by atoms with Crippen LogP contribution >= 0.6 is 0 Å². The average Bonchev–Trinajstić information content (AvgIpc) is 3.03. The van der Waals surface area contributed by atoms with E-state index in [-0.39, 0.29) is 17.7 Å². The Kier molecular flexibility index (Phi) is 31.2. The molecule has 0 heterocycles. The molecule has 0 saturated heterocycles. The number of amides is 4. The van der Waals surface area contributed by atoms with Crippen molar-refractivity contribution in [1.82, 2.24) is 16.0 Å². The molecule has 0 rings (SSSR count). The topological polar surface area (TPSA) is 182 Å². The summed E-state index contributed by atoms with van der Waals surface area (Å²) < 4.78 is 0. The lowest BCUT2D eigenvalue weighted by molar-refractivity contribution is -0.129. The van der Waals surface area contributed by atoms with Crippen LogP contribution in [-0.4, -0.2) is 55.3 Å². The molecule has 0 spiro atoms. The predicted octanol–water partition coefficient (Wildman–Crippen LogP) is 5.64. The average molecular weight is 653 g/mol. The van der Waals surface area contributed by atoms with Crippen LogP contribution < -0.4 is 33.2 Å². The van der Waals surface area contributed by atoms with Crippen molar-refractivity contribution in [3.8, 4) is 0 Å². The van der Waals surface area contributed by atoms with E-state index in [4.69, 9.17) is 17.2 Å². The summed E-state index contributed by atoms with van der Waals surface area (Å²) in [6, 6.07) is -1.08. The zero-order valence-corrected chi connectivity index (χ0v) is 29.5. The smallest absolute Gasteiger partial charge is 0.242 e. The Labute approximate surface area is 281 Å². The summed E-state index contributed by atoms with van der Waals surface area (Å²) in [6.07, 6.45) is 25.7. The number of carbonyl (C=O) groups is 4. The third-order valence-corrected chi connectivity index (χ3v) is 8.61. The quantitative estimate of drug-likeness (QED) is 0.0489. The standard InChI is InChI=1S/C36H72N6O4/c1-2-3-4-5-6-8-11-15-18-27-34(44)42-32(25-20-22-29-38)36(46)40-30-23-16-13-10-7-9-12-14-17-26-33(43)41-31(35(39)45)24-19-21-28-37/h31-32H,2-30,37-38H2,1H3,(H2,39,45)(H,40,46)(H,41,43)(H,42,44). The number of nitrogens with two attached hydrogens (primary N) is 3. The van der Waals surface area contributed by atoms with E-state index in [0.29, 0.717) is 45.3 Å². The second-order valence-electron chi connectivity index (χ2n) is 13.0. The first-order valence-corrected chi connectivity index (χ1v) is 18.9. The van der Waals surface area contributed by atoms with Gasteiger partial charge in [-0.1, -0.05) is 103 Å². The number of carbonyl (C=O) groups excluding carboxylic acids is 4. The number of primary amides is 1. The van der Waals surface area contributed by atoms with Gasteiger partial charge in [0.25, 0.3) is 0 Å². The van der Waals surface area contributed by atoms with Crippen molar-refractivity contribution in [3.63, 3.8) is 0 Å². The molecule has 2 atom stereocenters. The molecule has 0 aliphatic rings. The van der Waals surface area contributed by atoms with Crippen LogP contribution in [0.15, 0.2) is 0 Å². The van der Waals surface area contributed by atoms with Gasteiger partial charge in [-0.05, 0) is 70.9 Å². The fourth-order valence-corrected chi connectivity index (χ4v) is 5.65. The van der Waals surface area contributed by atoms with Gasteiger partial charge in [-0.25, -0.2) is 0 Å².